The van der Waals surface area contributed by atoms with Crippen molar-refractivity contribution in [2.45, 2.75) is 11.5 Å². The van der Waals surface area contributed by atoms with Gasteiger partial charge in [0.2, 0.25) is 9.84 Å². The highest BCUT2D eigenvalue weighted by Crippen LogP contribution is 2.11. The number of aromatic nitrogens is 1. The third kappa shape index (κ3) is 2.73. The van der Waals surface area contributed by atoms with Gasteiger partial charge in [0.05, 0.1) is 5.75 Å². The Morgan fingerprint density at radius 2 is 2.15 bits per heavy atom. The van der Waals surface area contributed by atoms with Gasteiger partial charge >= 0.3 is 5.76 Å². The van der Waals surface area contributed by atoms with E-state index in [0.29, 0.717) is 0 Å². The van der Waals surface area contributed by atoms with Gasteiger partial charge in [0.15, 0.2) is 0 Å². The quantitative estimate of drug-likeness (QED) is 0.748. The van der Waals surface area contributed by atoms with Crippen LogP contribution in [0.4, 0.5) is 8.78 Å². The average molecular weight is 207 g/mol. The second-order valence-electron chi connectivity index (χ2n) is 2.43. The van der Waals surface area contributed by atoms with Gasteiger partial charge in [-0.05, 0) is 11.6 Å². The van der Waals surface area contributed by atoms with Crippen LogP contribution in [0.1, 0.15) is 5.56 Å². The summed E-state index contributed by atoms with van der Waals surface area (Å²) in [6, 6.07) is 2.93. The maximum atomic E-state index is 11.9. The zero-order valence-corrected chi connectivity index (χ0v) is 7.34. The summed E-state index contributed by atoms with van der Waals surface area (Å²) in [5.74, 6) is -3.99. The second-order valence-corrected chi connectivity index (χ2v) is 4.40. The Morgan fingerprint density at radius 3 is 2.62 bits per heavy atom. The van der Waals surface area contributed by atoms with Crippen molar-refractivity contribution in [1.29, 1.82) is 0 Å². The van der Waals surface area contributed by atoms with Gasteiger partial charge < -0.3 is 0 Å². The first-order valence-electron chi connectivity index (χ1n) is 3.41. The topological polar surface area (TPSA) is 47.0 Å². The molecular formula is C7H7F2NO2S. The molecule has 0 spiro atoms. The molecule has 0 aromatic carbocycles. The van der Waals surface area contributed by atoms with Crippen molar-refractivity contribution in [1.82, 2.24) is 4.98 Å². The minimum atomic E-state index is -4.32. The van der Waals surface area contributed by atoms with Crippen LogP contribution in [0.15, 0.2) is 24.5 Å². The molecule has 1 rings (SSSR count). The smallest absolute Gasteiger partial charge is 0.264 e. The Labute approximate surface area is 74.3 Å². The molecule has 13 heavy (non-hydrogen) atoms. The molecule has 0 bridgehead atoms. The molecular weight excluding hydrogens is 200 g/mol. The summed E-state index contributed by atoms with van der Waals surface area (Å²) >= 11 is 0. The minimum absolute atomic E-state index is 0.266. The van der Waals surface area contributed by atoms with E-state index in [1.54, 1.807) is 0 Å². The first-order valence-corrected chi connectivity index (χ1v) is 5.12. The van der Waals surface area contributed by atoms with Gasteiger partial charge in [-0.2, -0.15) is 8.78 Å². The molecule has 0 atom stereocenters. The Bertz CT molecular complexity index is 363. The lowest BCUT2D eigenvalue weighted by molar-refractivity contribution is 0.234. The van der Waals surface area contributed by atoms with Crippen molar-refractivity contribution in [3.63, 3.8) is 0 Å². The molecule has 3 nitrogen and oxygen atoms in total. The molecule has 0 aliphatic rings. The number of rotatable bonds is 3. The van der Waals surface area contributed by atoms with Crippen LogP contribution >= 0.6 is 0 Å². The van der Waals surface area contributed by atoms with E-state index in [9.17, 15) is 17.2 Å². The van der Waals surface area contributed by atoms with Crippen molar-refractivity contribution < 1.29 is 17.2 Å². The van der Waals surface area contributed by atoms with Crippen molar-refractivity contribution >= 4 is 9.84 Å². The van der Waals surface area contributed by atoms with E-state index in [2.05, 4.69) is 4.98 Å². The van der Waals surface area contributed by atoms with Gasteiger partial charge in [-0.15, -0.1) is 0 Å². The van der Waals surface area contributed by atoms with Crippen LogP contribution in [-0.2, 0) is 15.6 Å². The standard InChI is InChI=1S/C7H7F2NO2S/c8-7(9)13(11,12)5-6-2-1-3-10-4-6/h1-4,7H,5H2. The number of nitrogens with zero attached hydrogens (tertiary/aromatic N) is 1. The van der Waals surface area contributed by atoms with Crippen molar-refractivity contribution in [3.8, 4) is 0 Å². The van der Waals surface area contributed by atoms with Crippen LogP contribution in [-0.4, -0.2) is 19.2 Å². The Kier molecular flexibility index (Phi) is 2.92. The summed E-state index contributed by atoms with van der Waals surface area (Å²) in [5.41, 5.74) is 0.266. The van der Waals surface area contributed by atoms with Crippen molar-refractivity contribution in [2.24, 2.45) is 0 Å². The molecule has 0 aliphatic carbocycles. The molecule has 0 amide bonds. The molecule has 1 aromatic rings. The summed E-state index contributed by atoms with van der Waals surface area (Å²) in [6.07, 6.45) is 2.69. The van der Waals surface area contributed by atoms with E-state index in [0.717, 1.165) is 0 Å². The highest BCUT2D eigenvalue weighted by atomic mass is 32.2. The lowest BCUT2D eigenvalue weighted by Crippen LogP contribution is -2.13. The van der Waals surface area contributed by atoms with Crippen LogP contribution in [0.5, 0.6) is 0 Å². The number of hydrogen-bond donors (Lipinski definition) is 0. The molecule has 0 N–H and O–H groups in total. The van der Waals surface area contributed by atoms with E-state index >= 15 is 0 Å². The molecule has 6 heteroatoms. The number of sulfone groups is 1. The lowest BCUT2D eigenvalue weighted by atomic mass is 10.3. The fourth-order valence-corrected chi connectivity index (χ4v) is 1.54. The van der Waals surface area contributed by atoms with Crippen molar-refractivity contribution in [3.05, 3.63) is 30.1 Å². The molecule has 72 valence electrons. The number of halogens is 2. The highest BCUT2D eigenvalue weighted by molar-refractivity contribution is 7.90. The van der Waals surface area contributed by atoms with E-state index in [4.69, 9.17) is 0 Å². The Morgan fingerprint density at radius 1 is 1.46 bits per heavy atom. The summed E-state index contributed by atoms with van der Waals surface area (Å²) in [5, 5.41) is 0. The fourth-order valence-electron chi connectivity index (χ4n) is 0.779. The first-order chi connectivity index (χ1) is 6.02. The van der Waals surface area contributed by atoms with Gasteiger partial charge in [-0.3, -0.25) is 4.98 Å². The molecule has 0 radical (unpaired) electrons. The van der Waals surface area contributed by atoms with E-state index < -0.39 is 21.3 Å². The third-order valence-electron chi connectivity index (χ3n) is 1.36. The third-order valence-corrected chi connectivity index (χ3v) is 2.64. The van der Waals surface area contributed by atoms with Crippen LogP contribution in [0.2, 0.25) is 0 Å². The van der Waals surface area contributed by atoms with Gasteiger partial charge in [-0.1, -0.05) is 6.07 Å². The molecule has 0 saturated carbocycles. The minimum Gasteiger partial charge on any atom is -0.264 e. The molecule has 0 fully saturated rings. The normalized spacial score (nSPS) is 11.9. The molecule has 1 heterocycles. The monoisotopic (exact) mass is 207 g/mol. The number of pyridine rings is 1. The largest absolute Gasteiger partial charge is 0.337 e. The Balaban J connectivity index is 2.82. The van der Waals surface area contributed by atoms with Crippen LogP contribution in [0.3, 0.4) is 0 Å². The zero-order valence-electron chi connectivity index (χ0n) is 6.52. The van der Waals surface area contributed by atoms with Crippen LogP contribution < -0.4 is 0 Å². The Hall–Kier alpha value is -1.04. The van der Waals surface area contributed by atoms with Crippen LogP contribution in [0.25, 0.3) is 0 Å². The average Bonchev–Trinajstić information content (AvgIpc) is 2.05. The molecule has 0 aliphatic heterocycles. The van der Waals surface area contributed by atoms with Gasteiger partial charge in [-0.25, -0.2) is 8.42 Å². The number of hydrogen-bond acceptors (Lipinski definition) is 3. The van der Waals surface area contributed by atoms with E-state index in [1.807, 2.05) is 0 Å². The van der Waals surface area contributed by atoms with E-state index in [1.165, 1.54) is 24.5 Å². The van der Waals surface area contributed by atoms with Gasteiger partial charge in [0.25, 0.3) is 0 Å². The number of alkyl halides is 2. The highest BCUT2D eigenvalue weighted by Gasteiger charge is 2.23. The van der Waals surface area contributed by atoms with Gasteiger partial charge in [0, 0.05) is 12.4 Å². The molecule has 1 aromatic heterocycles. The molecule has 0 unspecified atom stereocenters. The SMILES string of the molecule is O=S(=O)(Cc1cccnc1)C(F)F. The maximum absolute atomic E-state index is 11.9. The molecule has 0 saturated heterocycles. The van der Waals surface area contributed by atoms with Crippen LogP contribution in [0, 0.1) is 0 Å². The first kappa shape index (κ1) is 10.0. The second kappa shape index (κ2) is 3.78. The zero-order chi connectivity index (χ0) is 9.90. The fraction of sp³-hybridized carbons (Fsp3) is 0.286. The maximum Gasteiger partial charge on any atom is 0.337 e. The predicted molar refractivity (Wildman–Crippen MR) is 42.9 cm³/mol. The van der Waals surface area contributed by atoms with E-state index in [-0.39, 0.29) is 5.56 Å². The lowest BCUT2D eigenvalue weighted by Gasteiger charge is -2.01. The summed E-state index contributed by atoms with van der Waals surface area (Å²) < 4.78 is 45.2. The summed E-state index contributed by atoms with van der Waals surface area (Å²) in [7, 11) is -4.32. The summed E-state index contributed by atoms with van der Waals surface area (Å²) in [6.45, 7) is 0. The predicted octanol–water partition coefficient (Wildman–Crippen LogP) is 1.22. The van der Waals surface area contributed by atoms with Gasteiger partial charge in [0.1, 0.15) is 0 Å². The van der Waals surface area contributed by atoms with Crippen molar-refractivity contribution in [2.75, 3.05) is 0 Å². The summed E-state index contributed by atoms with van der Waals surface area (Å²) in [4.78, 5) is 3.62.